The van der Waals surface area contributed by atoms with Gasteiger partial charge in [0, 0.05) is 6.54 Å². The van der Waals surface area contributed by atoms with E-state index in [4.69, 9.17) is 9.52 Å². The summed E-state index contributed by atoms with van der Waals surface area (Å²) >= 11 is 0. The van der Waals surface area contributed by atoms with Crippen LogP contribution in [-0.2, 0) is 10.0 Å². The Morgan fingerprint density at radius 2 is 2.00 bits per heavy atom. The van der Waals surface area contributed by atoms with Gasteiger partial charge < -0.3 is 9.52 Å². The molecule has 0 saturated heterocycles. The van der Waals surface area contributed by atoms with Crippen LogP contribution in [0.5, 0.6) is 0 Å². The van der Waals surface area contributed by atoms with Crippen molar-refractivity contribution in [3.63, 3.8) is 0 Å². The second kappa shape index (κ2) is 5.34. The van der Waals surface area contributed by atoms with E-state index in [1.54, 1.807) is 0 Å². The maximum atomic E-state index is 11.9. The van der Waals surface area contributed by atoms with E-state index in [9.17, 15) is 13.2 Å². The number of rotatable bonds is 6. The molecule has 0 fully saturated rings. The van der Waals surface area contributed by atoms with E-state index in [1.807, 2.05) is 27.7 Å². The molecule has 0 bridgehead atoms. The number of hydrogen-bond donors (Lipinski definition) is 2. The molecule has 108 valence electrons. The zero-order valence-corrected chi connectivity index (χ0v) is 12.2. The molecule has 7 heteroatoms. The third-order valence-electron chi connectivity index (χ3n) is 3.34. The first-order valence-corrected chi connectivity index (χ1v) is 7.37. The summed E-state index contributed by atoms with van der Waals surface area (Å²) < 4.78 is 31.1. The Morgan fingerprint density at radius 1 is 1.42 bits per heavy atom. The first-order chi connectivity index (χ1) is 8.56. The van der Waals surface area contributed by atoms with Crippen molar-refractivity contribution in [1.29, 1.82) is 0 Å². The van der Waals surface area contributed by atoms with Gasteiger partial charge in [0.15, 0.2) is 0 Å². The number of aromatic carboxylic acids is 1. The standard InChI is InChI=1S/C12H19NO5S/c1-8(2)12(3,4)7-13-19(16,17)10-6-5-9(18-10)11(14)15/h5-6,8,13H,7H2,1-4H3,(H,14,15). The van der Waals surface area contributed by atoms with E-state index in [1.165, 1.54) is 0 Å². The molecule has 1 aromatic heterocycles. The number of hydrogen-bond acceptors (Lipinski definition) is 4. The van der Waals surface area contributed by atoms with Crippen molar-refractivity contribution in [1.82, 2.24) is 4.72 Å². The summed E-state index contributed by atoms with van der Waals surface area (Å²) in [5, 5.41) is 8.30. The van der Waals surface area contributed by atoms with Crippen LogP contribution in [0.2, 0.25) is 0 Å². The summed E-state index contributed by atoms with van der Waals surface area (Å²) in [6, 6.07) is 2.25. The minimum atomic E-state index is -3.82. The summed E-state index contributed by atoms with van der Waals surface area (Å²) in [5.74, 6) is -1.41. The van der Waals surface area contributed by atoms with Crippen LogP contribution in [0.25, 0.3) is 0 Å². The molecular weight excluding hydrogens is 270 g/mol. The third-order valence-corrected chi connectivity index (χ3v) is 4.61. The highest BCUT2D eigenvalue weighted by atomic mass is 32.2. The van der Waals surface area contributed by atoms with Gasteiger partial charge in [0.05, 0.1) is 0 Å². The Labute approximate surface area is 112 Å². The van der Waals surface area contributed by atoms with Gasteiger partial charge in [-0.2, -0.15) is 0 Å². The lowest BCUT2D eigenvalue weighted by molar-refractivity contribution is 0.0656. The number of carboxylic acids is 1. The van der Waals surface area contributed by atoms with Crippen LogP contribution in [0.1, 0.15) is 38.2 Å². The average Bonchev–Trinajstić information content (AvgIpc) is 2.76. The molecule has 19 heavy (non-hydrogen) atoms. The molecule has 0 aromatic carbocycles. The molecule has 0 amide bonds. The highest BCUT2D eigenvalue weighted by molar-refractivity contribution is 7.89. The molecule has 0 unspecified atom stereocenters. The Balaban J connectivity index is 2.84. The van der Waals surface area contributed by atoms with Gasteiger partial charge in [-0.25, -0.2) is 17.9 Å². The molecule has 2 N–H and O–H groups in total. The number of carboxylic acid groups (broad SMARTS) is 1. The van der Waals surface area contributed by atoms with Crippen molar-refractivity contribution in [3.8, 4) is 0 Å². The van der Waals surface area contributed by atoms with E-state index >= 15 is 0 Å². The van der Waals surface area contributed by atoms with E-state index in [2.05, 4.69) is 4.72 Å². The van der Waals surface area contributed by atoms with Crippen LogP contribution < -0.4 is 4.72 Å². The predicted octanol–water partition coefficient (Wildman–Crippen LogP) is 1.94. The first kappa shape index (κ1) is 15.7. The van der Waals surface area contributed by atoms with Gasteiger partial charge in [-0.15, -0.1) is 0 Å². The molecule has 0 aliphatic heterocycles. The van der Waals surface area contributed by atoms with Crippen molar-refractivity contribution in [2.24, 2.45) is 11.3 Å². The minimum Gasteiger partial charge on any atom is -0.475 e. The molecule has 0 saturated carbocycles. The fraction of sp³-hybridized carbons (Fsp3) is 0.583. The van der Waals surface area contributed by atoms with E-state index in [0.29, 0.717) is 5.92 Å². The number of furan rings is 1. The Bertz CT molecular complexity index is 556. The zero-order chi connectivity index (χ0) is 14.8. The Hall–Kier alpha value is -1.34. The molecule has 0 radical (unpaired) electrons. The van der Waals surface area contributed by atoms with Crippen LogP contribution in [0.15, 0.2) is 21.6 Å². The van der Waals surface area contributed by atoms with Crippen molar-refractivity contribution in [3.05, 3.63) is 17.9 Å². The number of carbonyl (C=O) groups is 1. The summed E-state index contributed by atoms with van der Waals surface area (Å²) in [4.78, 5) is 10.6. The van der Waals surface area contributed by atoms with Crippen LogP contribution in [0, 0.1) is 11.3 Å². The lowest BCUT2D eigenvalue weighted by Gasteiger charge is -2.28. The Kier molecular flexibility index (Phi) is 4.42. The van der Waals surface area contributed by atoms with Gasteiger partial charge in [0.25, 0.3) is 10.0 Å². The summed E-state index contributed by atoms with van der Waals surface area (Å²) in [5.41, 5.74) is -0.213. The topological polar surface area (TPSA) is 96.6 Å². The summed E-state index contributed by atoms with van der Waals surface area (Å²) in [6.07, 6.45) is 0. The zero-order valence-electron chi connectivity index (χ0n) is 11.4. The summed E-state index contributed by atoms with van der Waals surface area (Å²) in [7, 11) is -3.82. The van der Waals surface area contributed by atoms with Gasteiger partial charge >= 0.3 is 5.97 Å². The quantitative estimate of drug-likeness (QED) is 0.834. The van der Waals surface area contributed by atoms with Gasteiger partial charge in [-0.05, 0) is 23.5 Å². The van der Waals surface area contributed by atoms with Gasteiger partial charge in [-0.3, -0.25) is 0 Å². The maximum Gasteiger partial charge on any atom is 0.371 e. The summed E-state index contributed by atoms with van der Waals surface area (Å²) in [6.45, 7) is 8.15. The minimum absolute atomic E-state index is 0.213. The van der Waals surface area contributed by atoms with Crippen molar-refractivity contribution < 1.29 is 22.7 Å². The molecular formula is C12H19NO5S. The second-order valence-electron chi connectivity index (χ2n) is 5.39. The second-order valence-corrected chi connectivity index (χ2v) is 7.09. The largest absolute Gasteiger partial charge is 0.475 e. The van der Waals surface area contributed by atoms with Gasteiger partial charge in [0.1, 0.15) is 0 Å². The molecule has 1 heterocycles. The Morgan fingerprint density at radius 3 is 2.42 bits per heavy atom. The average molecular weight is 289 g/mol. The van der Waals surface area contributed by atoms with Gasteiger partial charge in [0.2, 0.25) is 10.9 Å². The SMILES string of the molecule is CC(C)C(C)(C)CNS(=O)(=O)c1ccc(C(=O)O)o1. The number of nitrogens with one attached hydrogen (secondary N) is 1. The highest BCUT2D eigenvalue weighted by Gasteiger charge is 2.27. The monoisotopic (exact) mass is 289 g/mol. The lowest BCUT2D eigenvalue weighted by atomic mass is 9.81. The molecule has 1 rings (SSSR count). The fourth-order valence-corrected chi connectivity index (χ4v) is 2.29. The molecule has 0 atom stereocenters. The molecule has 1 aromatic rings. The van der Waals surface area contributed by atoms with Crippen LogP contribution in [0.3, 0.4) is 0 Å². The normalized spacial score (nSPS) is 12.9. The molecule has 6 nitrogen and oxygen atoms in total. The van der Waals surface area contributed by atoms with E-state index in [-0.39, 0.29) is 17.1 Å². The van der Waals surface area contributed by atoms with Crippen molar-refractivity contribution >= 4 is 16.0 Å². The smallest absolute Gasteiger partial charge is 0.371 e. The van der Waals surface area contributed by atoms with Crippen LogP contribution in [-0.4, -0.2) is 26.0 Å². The molecule has 0 aliphatic carbocycles. The maximum absolute atomic E-state index is 11.9. The highest BCUT2D eigenvalue weighted by Crippen LogP contribution is 2.25. The fourth-order valence-electron chi connectivity index (χ4n) is 1.14. The van der Waals surface area contributed by atoms with Crippen LogP contribution >= 0.6 is 0 Å². The lowest BCUT2D eigenvalue weighted by Crippen LogP contribution is -2.36. The van der Waals surface area contributed by atoms with Crippen molar-refractivity contribution in [2.75, 3.05) is 6.54 Å². The number of sulfonamides is 1. The van der Waals surface area contributed by atoms with E-state index in [0.717, 1.165) is 12.1 Å². The third kappa shape index (κ3) is 3.81. The predicted molar refractivity (Wildman–Crippen MR) is 69.5 cm³/mol. The van der Waals surface area contributed by atoms with Crippen molar-refractivity contribution in [2.45, 2.75) is 32.8 Å². The first-order valence-electron chi connectivity index (χ1n) is 5.89. The van der Waals surface area contributed by atoms with Crippen LogP contribution in [0.4, 0.5) is 0 Å². The molecule has 0 spiro atoms. The van der Waals surface area contributed by atoms with Gasteiger partial charge in [-0.1, -0.05) is 27.7 Å². The molecule has 0 aliphatic rings. The van der Waals surface area contributed by atoms with E-state index < -0.39 is 21.8 Å².